The fourth-order valence-electron chi connectivity index (χ4n) is 0.492. The topological polar surface area (TPSA) is 87.5 Å². The standard InChI is InChI=1S/C4H4N5O/c5-8-7-4-3-6-1-2-9(4)10/h1-3H,(H,6,10)/q+1. The third-order valence-corrected chi connectivity index (χ3v) is 0.892. The normalized spacial score (nSPS) is 8.40. The Morgan fingerprint density at radius 2 is 2.60 bits per heavy atom. The van der Waals surface area contributed by atoms with Gasteiger partial charge in [-0.1, -0.05) is 4.91 Å². The summed E-state index contributed by atoms with van der Waals surface area (Å²) < 4.78 is 0.468. The number of hydrogen-bond donors (Lipinski definition) is 1. The molecule has 10 heavy (non-hydrogen) atoms. The van der Waals surface area contributed by atoms with Crippen LogP contribution in [0.3, 0.4) is 0 Å². The van der Waals surface area contributed by atoms with E-state index in [-0.39, 0.29) is 5.82 Å². The fraction of sp³-hybridized carbons (Fsp3) is 0. The summed E-state index contributed by atoms with van der Waals surface area (Å²) in [6.45, 7) is 0. The lowest BCUT2D eigenvalue weighted by Crippen LogP contribution is -2.11. The molecule has 0 saturated heterocycles. The average Bonchev–Trinajstić information content (AvgIpc) is 1.94. The van der Waals surface area contributed by atoms with Crippen molar-refractivity contribution in [2.24, 2.45) is 5.11 Å². The van der Waals surface area contributed by atoms with Crippen molar-refractivity contribution in [2.75, 3.05) is 0 Å². The maximum Gasteiger partial charge on any atom is 0.474 e. The Kier molecular flexibility index (Phi) is 1.67. The quantitative estimate of drug-likeness (QED) is 0.265. The van der Waals surface area contributed by atoms with Crippen molar-refractivity contribution >= 4 is 5.82 Å². The van der Waals surface area contributed by atoms with Crippen molar-refractivity contribution in [1.29, 1.82) is 0 Å². The van der Waals surface area contributed by atoms with E-state index in [4.69, 9.17) is 5.53 Å². The summed E-state index contributed by atoms with van der Waals surface area (Å²) in [6, 6.07) is 0. The molecule has 0 amide bonds. The van der Waals surface area contributed by atoms with Crippen molar-refractivity contribution < 1.29 is 4.43 Å². The number of hydrogen-bond acceptors (Lipinski definition) is 2. The van der Waals surface area contributed by atoms with Crippen molar-refractivity contribution in [2.45, 2.75) is 0 Å². The van der Waals surface area contributed by atoms with E-state index >= 15 is 0 Å². The SMILES string of the molecule is [N-]=[N+]=Nc1c[nH]cc[n+]1=O. The van der Waals surface area contributed by atoms with Crippen LogP contribution >= 0.6 is 0 Å². The zero-order chi connectivity index (χ0) is 7.40. The summed E-state index contributed by atoms with van der Waals surface area (Å²) in [6.07, 6.45) is 3.96. The van der Waals surface area contributed by atoms with Gasteiger partial charge < -0.3 is 4.98 Å². The molecule has 1 heterocycles. The van der Waals surface area contributed by atoms with Crippen LogP contribution in [0.15, 0.2) is 23.7 Å². The zero-order valence-corrected chi connectivity index (χ0v) is 4.93. The zero-order valence-electron chi connectivity index (χ0n) is 4.93. The highest BCUT2D eigenvalue weighted by atomic mass is 16.3. The Bertz CT molecular complexity index is 322. The van der Waals surface area contributed by atoms with Crippen molar-refractivity contribution in [3.8, 4) is 0 Å². The van der Waals surface area contributed by atoms with E-state index in [2.05, 4.69) is 15.0 Å². The van der Waals surface area contributed by atoms with E-state index in [1.807, 2.05) is 0 Å². The average molecular weight is 138 g/mol. The van der Waals surface area contributed by atoms with Crippen molar-refractivity contribution in [3.63, 3.8) is 0 Å². The van der Waals surface area contributed by atoms with Crippen LogP contribution in [0, 0.1) is 4.91 Å². The minimum Gasteiger partial charge on any atom is -0.357 e. The molecule has 0 aliphatic rings. The van der Waals surface area contributed by atoms with E-state index < -0.39 is 0 Å². The highest BCUT2D eigenvalue weighted by Gasteiger charge is 2.10. The van der Waals surface area contributed by atoms with E-state index in [9.17, 15) is 4.91 Å². The second-order valence-corrected chi connectivity index (χ2v) is 1.50. The predicted octanol–water partition coefficient (Wildman–Crippen LogP) is 0.871. The number of nitrogens with zero attached hydrogens (tertiary/aromatic N) is 4. The summed E-state index contributed by atoms with van der Waals surface area (Å²) in [7, 11) is 0. The molecule has 0 unspecified atom stereocenters. The Labute approximate surface area is 55.4 Å². The third kappa shape index (κ3) is 1.12. The van der Waals surface area contributed by atoms with E-state index in [1.54, 1.807) is 0 Å². The molecule has 0 fully saturated rings. The summed E-state index contributed by atoms with van der Waals surface area (Å²) >= 11 is 0. The van der Waals surface area contributed by atoms with Crippen molar-refractivity contribution in [3.05, 3.63) is 33.9 Å². The number of nitrogens with one attached hydrogen (secondary N) is 1. The Morgan fingerprint density at radius 3 is 3.20 bits per heavy atom. The Hall–Kier alpha value is -1.81. The van der Waals surface area contributed by atoms with E-state index in [0.717, 1.165) is 0 Å². The molecule has 50 valence electrons. The van der Waals surface area contributed by atoms with Gasteiger partial charge in [0.2, 0.25) is 4.91 Å². The number of azide groups is 1. The second-order valence-electron chi connectivity index (χ2n) is 1.50. The van der Waals surface area contributed by atoms with Crippen LogP contribution in [0.2, 0.25) is 0 Å². The number of H-pyrrole nitrogens is 1. The number of aromatic nitrogens is 2. The van der Waals surface area contributed by atoms with Crippen LogP contribution in [0.5, 0.6) is 0 Å². The molecule has 0 saturated carbocycles. The molecule has 0 aliphatic carbocycles. The largest absolute Gasteiger partial charge is 0.474 e. The number of aromatic amines is 1. The molecule has 0 spiro atoms. The predicted molar refractivity (Wildman–Crippen MR) is 33.0 cm³/mol. The Balaban J connectivity index is 3.28. The highest BCUT2D eigenvalue weighted by Crippen LogP contribution is 1.96. The second kappa shape index (κ2) is 2.65. The summed E-state index contributed by atoms with van der Waals surface area (Å²) in [5.41, 5.74) is 7.94. The maximum atomic E-state index is 10.6. The molecule has 0 bridgehead atoms. The highest BCUT2D eigenvalue weighted by molar-refractivity contribution is 5.12. The molecular weight excluding hydrogens is 134 g/mol. The van der Waals surface area contributed by atoms with Crippen molar-refractivity contribution in [1.82, 2.24) is 4.98 Å². The fourth-order valence-corrected chi connectivity index (χ4v) is 0.492. The third-order valence-electron chi connectivity index (χ3n) is 0.892. The molecule has 0 radical (unpaired) electrons. The molecule has 1 N–H and O–H groups in total. The van der Waals surface area contributed by atoms with Gasteiger partial charge >= 0.3 is 10.9 Å². The Morgan fingerprint density at radius 1 is 1.80 bits per heavy atom. The molecule has 6 heteroatoms. The van der Waals surface area contributed by atoms with Gasteiger partial charge in [-0.2, -0.15) is 0 Å². The molecule has 0 atom stereocenters. The van der Waals surface area contributed by atoms with Crippen LogP contribution in [-0.2, 0) is 0 Å². The molecular formula is C4H4N5O+. The van der Waals surface area contributed by atoms with Crippen LogP contribution < -0.4 is 4.43 Å². The van der Waals surface area contributed by atoms with Gasteiger partial charge in [-0.05, 0) is 0 Å². The first-order chi connectivity index (χ1) is 4.84. The lowest BCUT2D eigenvalue weighted by molar-refractivity contribution is -0.480. The molecule has 0 aliphatic heterocycles. The molecule has 1 rings (SSSR count). The lowest BCUT2D eigenvalue weighted by atomic mass is 10.7. The van der Waals surface area contributed by atoms with E-state index in [1.165, 1.54) is 18.6 Å². The summed E-state index contributed by atoms with van der Waals surface area (Å²) in [4.78, 5) is 15.7. The molecule has 1 aromatic heterocycles. The van der Waals surface area contributed by atoms with Gasteiger partial charge in [0.05, 0.1) is 0 Å². The van der Waals surface area contributed by atoms with Crippen LogP contribution in [0.4, 0.5) is 5.82 Å². The van der Waals surface area contributed by atoms with Gasteiger partial charge in [0.1, 0.15) is 6.20 Å². The maximum absolute atomic E-state index is 10.6. The first-order valence-corrected chi connectivity index (χ1v) is 2.49. The molecule has 0 aromatic carbocycles. The van der Waals surface area contributed by atoms with Gasteiger partial charge in [-0.15, -0.1) is 0 Å². The smallest absolute Gasteiger partial charge is 0.357 e. The molecule has 1 aromatic rings. The van der Waals surface area contributed by atoms with Gasteiger partial charge in [0.15, 0.2) is 6.20 Å². The summed E-state index contributed by atoms with van der Waals surface area (Å²) in [5, 5.41) is 3.11. The molecule has 6 nitrogen and oxygen atoms in total. The van der Waals surface area contributed by atoms with Crippen LogP contribution in [-0.4, -0.2) is 4.98 Å². The number of rotatable bonds is 1. The minimum atomic E-state index is 0.00463. The first-order valence-electron chi connectivity index (χ1n) is 2.49. The lowest BCUT2D eigenvalue weighted by Gasteiger charge is -1.72. The van der Waals surface area contributed by atoms with E-state index in [0.29, 0.717) is 4.43 Å². The van der Waals surface area contributed by atoms with Crippen LogP contribution in [0.25, 0.3) is 10.4 Å². The summed E-state index contributed by atoms with van der Waals surface area (Å²) in [5.74, 6) is 0.00463. The van der Waals surface area contributed by atoms with Gasteiger partial charge in [-0.25, -0.2) is 0 Å². The van der Waals surface area contributed by atoms with Crippen LogP contribution in [0.1, 0.15) is 0 Å². The van der Waals surface area contributed by atoms with Gasteiger partial charge in [-0.3, -0.25) is 0 Å². The first kappa shape index (κ1) is 6.31. The van der Waals surface area contributed by atoms with Gasteiger partial charge in [0, 0.05) is 16.2 Å². The monoisotopic (exact) mass is 138 g/mol. The van der Waals surface area contributed by atoms with Gasteiger partial charge in [0.25, 0.3) is 0 Å². The minimum absolute atomic E-state index is 0.00463.